The number of anilines is 1. The molecule has 1 fully saturated rings. The number of hydrogen-bond donors (Lipinski definition) is 1. The van der Waals surface area contributed by atoms with Gasteiger partial charge in [-0.2, -0.15) is 0 Å². The van der Waals surface area contributed by atoms with Crippen molar-refractivity contribution in [1.29, 1.82) is 0 Å². The highest BCUT2D eigenvalue weighted by molar-refractivity contribution is 6.30. The van der Waals surface area contributed by atoms with Crippen molar-refractivity contribution in [3.8, 4) is 0 Å². The fourth-order valence-corrected chi connectivity index (χ4v) is 4.85. The first-order valence-corrected chi connectivity index (χ1v) is 10.7. The molecule has 1 aromatic heterocycles. The largest absolute Gasteiger partial charge is 0.326 e. The Morgan fingerprint density at radius 2 is 1.93 bits per heavy atom. The number of aromatic nitrogens is 2. The van der Waals surface area contributed by atoms with E-state index in [1.165, 1.54) is 4.57 Å². The number of para-hydroxylation sites is 2. The van der Waals surface area contributed by atoms with Crippen LogP contribution in [0.15, 0.2) is 47.2 Å². The summed E-state index contributed by atoms with van der Waals surface area (Å²) in [7, 11) is 0. The van der Waals surface area contributed by atoms with E-state index in [1.807, 2.05) is 23.1 Å². The Morgan fingerprint density at radius 1 is 1.13 bits per heavy atom. The molecular formula is C23H25ClN4O2. The fourth-order valence-electron chi connectivity index (χ4n) is 4.66. The number of amides is 1. The predicted octanol–water partition coefficient (Wildman–Crippen LogP) is 3.43. The standard InChI is InChI=1S/C23H25ClN4O2/c24-17-6-7-20-16(14-17)15-22(29)28(20)18-8-12-26(13-9-18)10-3-11-27-21-5-2-1-4-19(21)25-23(27)30/h1-2,4-7,14,18H,3,8-13,15H2,(H,25,30)/i1D,2D,4D,5D. The third kappa shape index (κ3) is 3.55. The minimum Gasteiger partial charge on any atom is -0.309 e. The van der Waals surface area contributed by atoms with Crippen LogP contribution in [0.2, 0.25) is 5.02 Å². The molecular weight excluding hydrogens is 400 g/mol. The summed E-state index contributed by atoms with van der Waals surface area (Å²) in [5.74, 6) is 0.124. The molecule has 0 aliphatic carbocycles. The van der Waals surface area contributed by atoms with Crippen LogP contribution >= 0.6 is 11.6 Å². The summed E-state index contributed by atoms with van der Waals surface area (Å²) in [6.07, 6.45) is 2.81. The summed E-state index contributed by atoms with van der Waals surface area (Å²) in [5.41, 5.74) is 1.90. The van der Waals surface area contributed by atoms with Crippen LogP contribution in [0.1, 0.15) is 30.3 Å². The highest BCUT2D eigenvalue weighted by atomic mass is 35.5. The Hall–Kier alpha value is -2.57. The average Bonchev–Trinajstić information content (AvgIpc) is 3.32. The van der Waals surface area contributed by atoms with Gasteiger partial charge in [0.15, 0.2) is 0 Å². The highest BCUT2D eigenvalue weighted by Gasteiger charge is 2.34. The van der Waals surface area contributed by atoms with Crippen LogP contribution in [-0.2, 0) is 17.8 Å². The van der Waals surface area contributed by atoms with Crippen molar-refractivity contribution in [1.82, 2.24) is 14.5 Å². The molecule has 30 heavy (non-hydrogen) atoms. The van der Waals surface area contributed by atoms with E-state index in [1.54, 1.807) is 0 Å². The lowest BCUT2D eigenvalue weighted by Gasteiger charge is -2.37. The third-order valence-corrected chi connectivity index (χ3v) is 6.34. The van der Waals surface area contributed by atoms with E-state index in [-0.39, 0.29) is 47.2 Å². The zero-order chi connectivity index (χ0) is 24.1. The van der Waals surface area contributed by atoms with Gasteiger partial charge < -0.3 is 14.8 Å². The SMILES string of the molecule is [2H]c1c([2H])c([2H])c2c([nH]c(=O)n2CCCN2CCC(N3C(=O)Cc4cc(Cl)ccc43)CC2)c1[2H]. The average molecular weight is 429 g/mol. The Kier molecular flexibility index (Phi) is 4.03. The maximum Gasteiger partial charge on any atom is 0.326 e. The number of imidazole rings is 1. The van der Waals surface area contributed by atoms with E-state index in [2.05, 4.69) is 9.88 Å². The molecule has 0 radical (unpaired) electrons. The van der Waals surface area contributed by atoms with E-state index >= 15 is 0 Å². The number of nitrogens with one attached hydrogen (secondary N) is 1. The third-order valence-electron chi connectivity index (χ3n) is 6.10. The number of hydrogen-bond acceptors (Lipinski definition) is 3. The number of halogens is 1. The molecule has 1 N–H and O–H groups in total. The van der Waals surface area contributed by atoms with Crippen LogP contribution in [0, 0.1) is 0 Å². The van der Waals surface area contributed by atoms with Crippen LogP contribution in [-0.4, -0.2) is 46.0 Å². The number of nitrogens with zero attached hydrogens (tertiary/aromatic N) is 3. The first-order chi connectivity index (χ1) is 16.3. The number of benzene rings is 2. The second kappa shape index (κ2) is 7.93. The van der Waals surface area contributed by atoms with E-state index in [0.29, 0.717) is 24.4 Å². The number of fused-ring (bicyclic) bond motifs is 2. The van der Waals surface area contributed by atoms with Crippen molar-refractivity contribution >= 4 is 34.2 Å². The van der Waals surface area contributed by atoms with Crippen molar-refractivity contribution in [3.63, 3.8) is 0 Å². The molecule has 156 valence electrons. The van der Waals surface area contributed by atoms with E-state index in [9.17, 15) is 9.59 Å². The molecule has 0 unspecified atom stereocenters. The topological polar surface area (TPSA) is 61.3 Å². The van der Waals surface area contributed by atoms with E-state index in [4.69, 9.17) is 17.1 Å². The van der Waals surface area contributed by atoms with Gasteiger partial charge in [0.2, 0.25) is 5.91 Å². The summed E-state index contributed by atoms with van der Waals surface area (Å²) >= 11 is 6.08. The monoisotopic (exact) mass is 428 g/mol. The van der Waals surface area contributed by atoms with Crippen molar-refractivity contribution in [2.75, 3.05) is 24.5 Å². The van der Waals surface area contributed by atoms with Gasteiger partial charge in [-0.15, -0.1) is 0 Å². The van der Waals surface area contributed by atoms with Gasteiger partial charge in [0.25, 0.3) is 0 Å². The molecule has 1 saturated heterocycles. The van der Waals surface area contributed by atoms with Crippen molar-refractivity contribution < 1.29 is 10.3 Å². The summed E-state index contributed by atoms with van der Waals surface area (Å²) in [6, 6.07) is 4.68. The first-order valence-electron chi connectivity index (χ1n) is 12.3. The number of H-pyrrole nitrogens is 1. The minimum atomic E-state index is -0.424. The van der Waals surface area contributed by atoms with Crippen LogP contribution < -0.4 is 10.6 Å². The molecule has 0 saturated carbocycles. The minimum absolute atomic E-state index is 0.124. The Bertz CT molecular complexity index is 1350. The number of rotatable bonds is 5. The normalized spacial score (nSPS) is 19.6. The smallest absolute Gasteiger partial charge is 0.309 e. The lowest BCUT2D eigenvalue weighted by molar-refractivity contribution is -0.118. The molecule has 2 aliphatic heterocycles. The van der Waals surface area contributed by atoms with Gasteiger partial charge >= 0.3 is 5.69 Å². The number of carbonyl (C=O) groups excluding carboxylic acids is 1. The molecule has 1 amide bonds. The van der Waals surface area contributed by atoms with Gasteiger partial charge in [-0.05, 0) is 61.7 Å². The van der Waals surface area contributed by atoms with Gasteiger partial charge in [-0.3, -0.25) is 9.36 Å². The van der Waals surface area contributed by atoms with Crippen molar-refractivity contribution in [2.45, 2.75) is 38.3 Å². The Balaban J connectivity index is 1.21. The summed E-state index contributed by atoms with van der Waals surface area (Å²) in [4.78, 5) is 31.9. The van der Waals surface area contributed by atoms with Crippen molar-refractivity contribution in [3.05, 3.63) is 63.4 Å². The molecule has 3 heterocycles. The molecule has 0 bridgehead atoms. The second-order valence-corrected chi connectivity index (χ2v) is 8.38. The fraction of sp³-hybridized carbons (Fsp3) is 0.391. The van der Waals surface area contributed by atoms with Gasteiger partial charge in [0.05, 0.1) is 22.9 Å². The summed E-state index contributed by atoms with van der Waals surface area (Å²) < 4.78 is 33.3. The zero-order valence-corrected chi connectivity index (χ0v) is 17.3. The lowest BCUT2D eigenvalue weighted by Crippen LogP contribution is -2.46. The Morgan fingerprint density at radius 3 is 2.77 bits per heavy atom. The molecule has 2 aliphatic rings. The summed E-state index contributed by atoms with van der Waals surface area (Å²) in [5, 5.41) is 0.646. The molecule has 0 spiro atoms. The number of likely N-dealkylation sites (tertiary alicyclic amines) is 1. The predicted molar refractivity (Wildman–Crippen MR) is 119 cm³/mol. The Labute approximate surface area is 185 Å². The maximum atomic E-state index is 12.6. The van der Waals surface area contributed by atoms with E-state index in [0.717, 1.165) is 43.7 Å². The number of piperidine rings is 1. The second-order valence-electron chi connectivity index (χ2n) is 7.95. The van der Waals surface area contributed by atoms with Crippen LogP contribution in [0.4, 0.5) is 5.69 Å². The quantitative estimate of drug-likeness (QED) is 0.677. The highest BCUT2D eigenvalue weighted by Crippen LogP contribution is 2.35. The molecule has 0 atom stereocenters. The van der Waals surface area contributed by atoms with Crippen LogP contribution in [0.3, 0.4) is 0 Å². The van der Waals surface area contributed by atoms with Crippen molar-refractivity contribution in [2.24, 2.45) is 0 Å². The van der Waals surface area contributed by atoms with Gasteiger partial charge in [0.1, 0.15) is 0 Å². The zero-order valence-electron chi connectivity index (χ0n) is 20.5. The van der Waals surface area contributed by atoms with Gasteiger partial charge in [-0.25, -0.2) is 4.79 Å². The number of aryl methyl sites for hydroxylation is 1. The molecule has 6 nitrogen and oxygen atoms in total. The molecule has 5 rings (SSSR count). The van der Waals surface area contributed by atoms with Crippen LogP contribution in [0.5, 0.6) is 0 Å². The lowest BCUT2D eigenvalue weighted by atomic mass is 10.0. The van der Waals surface area contributed by atoms with E-state index < -0.39 is 5.69 Å². The summed E-state index contributed by atoms with van der Waals surface area (Å²) in [6.45, 7) is 2.82. The maximum absolute atomic E-state index is 12.6. The molecule has 7 heteroatoms. The molecule has 2 aromatic carbocycles. The van der Waals surface area contributed by atoms with Gasteiger partial charge in [0, 0.05) is 36.4 Å². The number of aromatic amines is 1. The van der Waals surface area contributed by atoms with Crippen LogP contribution in [0.25, 0.3) is 11.0 Å². The van der Waals surface area contributed by atoms with Gasteiger partial charge in [-0.1, -0.05) is 23.7 Å². The number of carbonyl (C=O) groups is 1. The first kappa shape index (κ1) is 15.3. The molecule has 3 aromatic rings.